The van der Waals surface area contributed by atoms with E-state index in [-0.39, 0.29) is 6.79 Å². The summed E-state index contributed by atoms with van der Waals surface area (Å²) in [6.45, 7) is 1.43. The Bertz CT molecular complexity index is 464. The largest absolute Gasteiger partial charge is 0.454 e. The molecule has 0 N–H and O–H groups in total. The van der Waals surface area contributed by atoms with Crippen LogP contribution in [0.25, 0.3) is 0 Å². The van der Waals surface area contributed by atoms with Crippen LogP contribution in [0, 0.1) is 11.3 Å². The van der Waals surface area contributed by atoms with Crippen LogP contribution < -0.4 is 9.47 Å². The van der Waals surface area contributed by atoms with E-state index in [2.05, 4.69) is 0 Å². The number of esters is 1. The van der Waals surface area contributed by atoms with E-state index < -0.39 is 12.1 Å². The van der Waals surface area contributed by atoms with Gasteiger partial charge in [0.05, 0.1) is 0 Å². The molecule has 1 aliphatic rings. The lowest BCUT2D eigenvalue weighted by Gasteiger charge is -2.09. The monoisotopic (exact) mass is 219 g/mol. The molecule has 0 saturated carbocycles. The van der Waals surface area contributed by atoms with E-state index in [1.165, 1.54) is 6.92 Å². The van der Waals surface area contributed by atoms with E-state index in [0.717, 1.165) is 0 Å². The lowest BCUT2D eigenvalue weighted by atomic mass is 10.1. The van der Waals surface area contributed by atoms with Gasteiger partial charge in [-0.1, -0.05) is 6.07 Å². The Labute approximate surface area is 92.1 Å². The number of fused-ring (bicyclic) bond motifs is 1. The van der Waals surface area contributed by atoms with Crippen molar-refractivity contribution in [1.29, 1.82) is 5.26 Å². The second-order valence-corrected chi connectivity index (χ2v) is 3.23. The van der Waals surface area contributed by atoms with Gasteiger partial charge in [0, 0.05) is 12.5 Å². The van der Waals surface area contributed by atoms with Crippen molar-refractivity contribution < 1.29 is 19.0 Å². The highest BCUT2D eigenvalue weighted by atomic mass is 16.7. The number of carbonyl (C=O) groups is 1. The molecule has 1 aromatic carbocycles. The maximum atomic E-state index is 10.8. The molecule has 5 nitrogen and oxygen atoms in total. The Hall–Kier alpha value is -2.22. The molecule has 5 heteroatoms. The highest BCUT2D eigenvalue weighted by Gasteiger charge is 2.19. The minimum absolute atomic E-state index is 0.170. The van der Waals surface area contributed by atoms with Crippen molar-refractivity contribution in [2.45, 2.75) is 13.0 Å². The van der Waals surface area contributed by atoms with Gasteiger partial charge in [-0.25, -0.2) is 0 Å². The molecule has 0 aromatic heterocycles. The van der Waals surface area contributed by atoms with Crippen LogP contribution in [0.4, 0.5) is 0 Å². The molecule has 0 saturated heterocycles. The number of benzene rings is 1. The van der Waals surface area contributed by atoms with Gasteiger partial charge in [0.1, 0.15) is 6.07 Å². The highest BCUT2D eigenvalue weighted by molar-refractivity contribution is 5.66. The number of carbonyl (C=O) groups excluding carboxylic acids is 1. The van der Waals surface area contributed by atoms with Gasteiger partial charge < -0.3 is 14.2 Å². The number of nitrogens with zero attached hydrogens (tertiary/aromatic N) is 1. The van der Waals surface area contributed by atoms with Crippen LogP contribution in [0.15, 0.2) is 18.2 Å². The van der Waals surface area contributed by atoms with Crippen LogP contribution >= 0.6 is 0 Å². The summed E-state index contributed by atoms with van der Waals surface area (Å²) in [6, 6.07) is 6.90. The second kappa shape index (κ2) is 4.11. The summed E-state index contributed by atoms with van der Waals surface area (Å²) >= 11 is 0. The quantitative estimate of drug-likeness (QED) is 0.706. The first-order valence-corrected chi connectivity index (χ1v) is 4.67. The molecule has 0 amide bonds. The van der Waals surface area contributed by atoms with Crippen molar-refractivity contribution in [3.05, 3.63) is 23.8 Å². The third kappa shape index (κ3) is 1.91. The van der Waals surface area contributed by atoms with E-state index in [4.69, 9.17) is 19.5 Å². The molecular weight excluding hydrogens is 210 g/mol. The van der Waals surface area contributed by atoms with Gasteiger partial charge in [0.25, 0.3) is 0 Å². The van der Waals surface area contributed by atoms with Gasteiger partial charge >= 0.3 is 5.97 Å². The van der Waals surface area contributed by atoms with E-state index in [1.54, 1.807) is 18.2 Å². The van der Waals surface area contributed by atoms with Gasteiger partial charge in [-0.2, -0.15) is 5.26 Å². The molecule has 1 atom stereocenters. The highest BCUT2D eigenvalue weighted by Crippen LogP contribution is 2.34. The normalized spacial score (nSPS) is 14.0. The molecule has 1 aromatic rings. The first kappa shape index (κ1) is 10.3. The SMILES string of the molecule is CC(=O)OC(C#N)c1ccc2c(c1)OCO2. The Morgan fingerprint density at radius 3 is 2.94 bits per heavy atom. The summed E-state index contributed by atoms with van der Waals surface area (Å²) in [5, 5.41) is 8.88. The van der Waals surface area contributed by atoms with Crippen molar-refractivity contribution in [3.63, 3.8) is 0 Å². The van der Waals surface area contributed by atoms with Gasteiger partial charge in [-0.15, -0.1) is 0 Å². The van der Waals surface area contributed by atoms with Gasteiger partial charge in [-0.3, -0.25) is 4.79 Å². The third-order valence-electron chi connectivity index (χ3n) is 2.10. The van der Waals surface area contributed by atoms with Crippen LogP contribution in [0.3, 0.4) is 0 Å². The van der Waals surface area contributed by atoms with Crippen molar-refractivity contribution in [2.24, 2.45) is 0 Å². The van der Waals surface area contributed by atoms with E-state index in [9.17, 15) is 4.79 Å². The molecule has 1 unspecified atom stereocenters. The van der Waals surface area contributed by atoms with E-state index in [0.29, 0.717) is 17.1 Å². The fraction of sp³-hybridized carbons (Fsp3) is 0.273. The first-order chi connectivity index (χ1) is 7.70. The average molecular weight is 219 g/mol. The Morgan fingerprint density at radius 2 is 2.25 bits per heavy atom. The average Bonchev–Trinajstić information content (AvgIpc) is 2.72. The summed E-state index contributed by atoms with van der Waals surface area (Å²) in [4.78, 5) is 10.8. The zero-order valence-corrected chi connectivity index (χ0v) is 8.60. The molecule has 0 radical (unpaired) electrons. The lowest BCUT2D eigenvalue weighted by molar-refractivity contribution is -0.144. The molecule has 1 aliphatic heterocycles. The summed E-state index contributed by atoms with van der Waals surface area (Å²) in [5.74, 6) is 0.692. The predicted molar refractivity (Wildman–Crippen MR) is 52.7 cm³/mol. The van der Waals surface area contributed by atoms with Gasteiger partial charge in [-0.05, 0) is 12.1 Å². The van der Waals surface area contributed by atoms with Crippen LogP contribution in [0.5, 0.6) is 11.5 Å². The zero-order valence-electron chi connectivity index (χ0n) is 8.60. The summed E-state index contributed by atoms with van der Waals surface area (Å²) < 4.78 is 15.2. The van der Waals surface area contributed by atoms with E-state index in [1.807, 2.05) is 6.07 Å². The maximum absolute atomic E-state index is 10.8. The number of ether oxygens (including phenoxy) is 3. The van der Waals surface area contributed by atoms with Crippen LogP contribution in [-0.2, 0) is 9.53 Å². The number of nitriles is 1. The standard InChI is InChI=1S/C11H9NO4/c1-7(13)16-11(5-12)8-2-3-9-10(4-8)15-6-14-9/h2-4,11H,6H2,1H3. The maximum Gasteiger partial charge on any atom is 0.304 e. The Balaban J connectivity index is 2.26. The molecule has 0 spiro atoms. The Kier molecular flexibility index (Phi) is 2.64. The van der Waals surface area contributed by atoms with Crippen LogP contribution in [-0.4, -0.2) is 12.8 Å². The molecule has 2 rings (SSSR count). The predicted octanol–water partition coefficient (Wildman–Crippen LogP) is 1.54. The third-order valence-corrected chi connectivity index (χ3v) is 2.10. The fourth-order valence-corrected chi connectivity index (χ4v) is 1.41. The Morgan fingerprint density at radius 1 is 1.50 bits per heavy atom. The first-order valence-electron chi connectivity index (χ1n) is 4.67. The molecule has 0 fully saturated rings. The summed E-state index contributed by atoms with van der Waals surface area (Å²) in [6.07, 6.45) is -0.910. The molecule has 16 heavy (non-hydrogen) atoms. The van der Waals surface area contributed by atoms with Crippen LogP contribution in [0.2, 0.25) is 0 Å². The van der Waals surface area contributed by atoms with Gasteiger partial charge in [0.2, 0.25) is 12.9 Å². The van der Waals surface area contributed by atoms with Crippen molar-refractivity contribution in [3.8, 4) is 17.6 Å². The molecule has 0 aliphatic carbocycles. The van der Waals surface area contributed by atoms with Crippen molar-refractivity contribution >= 4 is 5.97 Å². The molecular formula is C11H9NO4. The molecule has 1 heterocycles. The zero-order chi connectivity index (χ0) is 11.5. The van der Waals surface area contributed by atoms with Crippen LogP contribution in [0.1, 0.15) is 18.6 Å². The summed E-state index contributed by atoms with van der Waals surface area (Å²) in [5.41, 5.74) is 0.571. The minimum atomic E-state index is -0.910. The number of hydrogen-bond acceptors (Lipinski definition) is 5. The topological polar surface area (TPSA) is 68.6 Å². The summed E-state index contributed by atoms with van der Waals surface area (Å²) in [7, 11) is 0. The molecule has 0 bridgehead atoms. The number of rotatable bonds is 2. The number of hydrogen-bond donors (Lipinski definition) is 0. The van der Waals surface area contributed by atoms with Crippen molar-refractivity contribution in [1.82, 2.24) is 0 Å². The smallest absolute Gasteiger partial charge is 0.304 e. The van der Waals surface area contributed by atoms with Gasteiger partial charge in [0.15, 0.2) is 11.5 Å². The fourth-order valence-electron chi connectivity index (χ4n) is 1.41. The minimum Gasteiger partial charge on any atom is -0.454 e. The second-order valence-electron chi connectivity index (χ2n) is 3.23. The molecule has 82 valence electrons. The van der Waals surface area contributed by atoms with E-state index >= 15 is 0 Å². The van der Waals surface area contributed by atoms with Crippen molar-refractivity contribution in [2.75, 3.05) is 6.79 Å². The lowest BCUT2D eigenvalue weighted by Crippen LogP contribution is -2.06.